The first-order valence-electron chi connectivity index (χ1n) is 10.1. The summed E-state index contributed by atoms with van der Waals surface area (Å²) in [5.41, 5.74) is 5.78. The van der Waals surface area contributed by atoms with Gasteiger partial charge in [0.1, 0.15) is 18.7 Å². The molecule has 156 valence electrons. The van der Waals surface area contributed by atoms with E-state index in [0.29, 0.717) is 6.61 Å². The molecule has 0 saturated carbocycles. The predicted molar refractivity (Wildman–Crippen MR) is 126 cm³/mol. The van der Waals surface area contributed by atoms with E-state index < -0.39 is 0 Å². The van der Waals surface area contributed by atoms with Gasteiger partial charge in [-0.05, 0) is 42.7 Å². The molecule has 0 saturated heterocycles. The monoisotopic (exact) mass is 428 g/mol. The van der Waals surface area contributed by atoms with E-state index >= 15 is 0 Å². The van der Waals surface area contributed by atoms with E-state index in [-0.39, 0.29) is 0 Å². The van der Waals surface area contributed by atoms with Gasteiger partial charge in [-0.1, -0.05) is 78.0 Å². The molecule has 3 aromatic carbocycles. The molecule has 0 amide bonds. The van der Waals surface area contributed by atoms with Crippen LogP contribution in [0.4, 0.5) is 0 Å². The Morgan fingerprint density at radius 3 is 2.58 bits per heavy atom. The summed E-state index contributed by atoms with van der Waals surface area (Å²) in [5.74, 6) is 1.60. The SMILES string of the molecule is Cc1ccc(CSc2nncn2/N=C/c2ccccc2OCc2ccccc2C)cc1. The van der Waals surface area contributed by atoms with Gasteiger partial charge in [-0.15, -0.1) is 10.2 Å². The molecule has 0 aliphatic rings. The summed E-state index contributed by atoms with van der Waals surface area (Å²) >= 11 is 1.61. The molecule has 6 heteroatoms. The minimum Gasteiger partial charge on any atom is -0.488 e. The minimum absolute atomic E-state index is 0.516. The van der Waals surface area contributed by atoms with Crippen molar-refractivity contribution in [2.45, 2.75) is 31.4 Å². The van der Waals surface area contributed by atoms with Crippen molar-refractivity contribution < 1.29 is 4.74 Å². The Kier molecular flexibility index (Phi) is 6.79. The van der Waals surface area contributed by atoms with E-state index in [9.17, 15) is 0 Å². The van der Waals surface area contributed by atoms with Crippen molar-refractivity contribution in [2.24, 2.45) is 5.10 Å². The van der Waals surface area contributed by atoms with Gasteiger partial charge in [0.25, 0.3) is 0 Å². The molecular formula is C25H24N4OS. The van der Waals surface area contributed by atoms with Crippen LogP contribution in [0.15, 0.2) is 89.4 Å². The summed E-state index contributed by atoms with van der Waals surface area (Å²) in [6.07, 6.45) is 3.40. The van der Waals surface area contributed by atoms with Crippen LogP contribution in [0.5, 0.6) is 5.75 Å². The third-order valence-corrected chi connectivity index (χ3v) is 5.88. The van der Waals surface area contributed by atoms with Gasteiger partial charge in [0, 0.05) is 11.3 Å². The summed E-state index contributed by atoms with van der Waals surface area (Å²) in [6, 6.07) is 24.6. The molecule has 0 atom stereocenters. The lowest BCUT2D eigenvalue weighted by Crippen LogP contribution is -2.00. The number of aryl methyl sites for hydroxylation is 2. The summed E-state index contributed by atoms with van der Waals surface area (Å²) in [5, 5.41) is 13.5. The molecule has 0 spiro atoms. The highest BCUT2D eigenvalue weighted by Crippen LogP contribution is 2.22. The highest BCUT2D eigenvalue weighted by molar-refractivity contribution is 7.98. The maximum Gasteiger partial charge on any atom is 0.212 e. The second-order valence-corrected chi connectivity index (χ2v) is 8.17. The number of ether oxygens (including phenoxy) is 1. The molecule has 0 fully saturated rings. The van der Waals surface area contributed by atoms with Crippen LogP contribution in [-0.2, 0) is 12.4 Å². The molecule has 0 aliphatic heterocycles. The highest BCUT2D eigenvalue weighted by atomic mass is 32.2. The largest absolute Gasteiger partial charge is 0.488 e. The van der Waals surface area contributed by atoms with E-state index in [1.165, 1.54) is 22.3 Å². The average molecular weight is 429 g/mol. The van der Waals surface area contributed by atoms with Crippen LogP contribution < -0.4 is 4.74 Å². The molecule has 0 N–H and O–H groups in total. The first-order chi connectivity index (χ1) is 15.2. The molecule has 5 nitrogen and oxygen atoms in total. The van der Waals surface area contributed by atoms with Crippen molar-refractivity contribution in [3.05, 3.63) is 107 Å². The van der Waals surface area contributed by atoms with E-state index in [0.717, 1.165) is 22.2 Å². The lowest BCUT2D eigenvalue weighted by atomic mass is 10.1. The second kappa shape index (κ2) is 10.1. The summed E-state index contributed by atoms with van der Waals surface area (Å²) < 4.78 is 7.77. The Morgan fingerprint density at radius 2 is 1.74 bits per heavy atom. The number of aromatic nitrogens is 3. The van der Waals surface area contributed by atoms with Gasteiger partial charge >= 0.3 is 0 Å². The average Bonchev–Trinajstić information content (AvgIpc) is 3.25. The van der Waals surface area contributed by atoms with Gasteiger partial charge in [0.2, 0.25) is 5.16 Å². The summed E-state index contributed by atoms with van der Waals surface area (Å²) in [7, 11) is 0. The fraction of sp³-hybridized carbons (Fsp3) is 0.160. The normalized spacial score (nSPS) is 11.2. The van der Waals surface area contributed by atoms with E-state index in [1.54, 1.807) is 29.0 Å². The highest BCUT2D eigenvalue weighted by Gasteiger charge is 2.06. The van der Waals surface area contributed by atoms with Crippen LogP contribution in [0.3, 0.4) is 0 Å². The van der Waals surface area contributed by atoms with Crippen molar-refractivity contribution in [3.8, 4) is 5.75 Å². The Labute approximate surface area is 186 Å². The van der Waals surface area contributed by atoms with Crippen LogP contribution in [-0.4, -0.2) is 21.1 Å². The Bertz CT molecular complexity index is 1170. The molecule has 0 radical (unpaired) electrons. The minimum atomic E-state index is 0.516. The fourth-order valence-electron chi connectivity index (χ4n) is 3.00. The van der Waals surface area contributed by atoms with Crippen molar-refractivity contribution in [3.63, 3.8) is 0 Å². The van der Waals surface area contributed by atoms with Crippen molar-refractivity contribution in [1.29, 1.82) is 0 Å². The second-order valence-electron chi connectivity index (χ2n) is 7.23. The predicted octanol–water partition coefficient (Wildman–Crippen LogP) is 5.65. The molecule has 0 aliphatic carbocycles. The lowest BCUT2D eigenvalue weighted by Gasteiger charge is -2.10. The van der Waals surface area contributed by atoms with Crippen LogP contribution >= 0.6 is 11.8 Å². The fourth-order valence-corrected chi connectivity index (χ4v) is 3.82. The summed E-state index contributed by atoms with van der Waals surface area (Å²) in [6.45, 7) is 4.69. The van der Waals surface area contributed by atoms with Gasteiger partial charge in [-0.25, -0.2) is 0 Å². The number of para-hydroxylation sites is 1. The Morgan fingerprint density at radius 1 is 0.968 bits per heavy atom. The molecule has 1 heterocycles. The standard InChI is InChI=1S/C25H24N4OS/c1-19-11-13-21(14-12-19)17-31-25-28-26-18-29(25)27-15-22-8-5-6-10-24(22)30-16-23-9-4-3-7-20(23)2/h3-15,18H,16-17H2,1-2H3/b27-15+. The quantitative estimate of drug-likeness (QED) is 0.269. The third kappa shape index (κ3) is 5.61. The first-order valence-corrected chi connectivity index (χ1v) is 11.1. The zero-order chi connectivity index (χ0) is 21.5. The smallest absolute Gasteiger partial charge is 0.212 e. The Balaban J connectivity index is 1.44. The number of nitrogens with zero attached hydrogens (tertiary/aromatic N) is 4. The van der Waals surface area contributed by atoms with Crippen molar-refractivity contribution in [1.82, 2.24) is 14.9 Å². The Hall–Kier alpha value is -3.38. The maximum atomic E-state index is 6.08. The number of rotatable bonds is 8. The molecular weight excluding hydrogens is 404 g/mol. The number of benzene rings is 3. The van der Waals surface area contributed by atoms with Crippen molar-refractivity contribution in [2.75, 3.05) is 0 Å². The number of hydrogen-bond donors (Lipinski definition) is 0. The van der Waals surface area contributed by atoms with E-state index in [4.69, 9.17) is 4.74 Å². The zero-order valence-corrected chi connectivity index (χ0v) is 18.4. The molecule has 0 bridgehead atoms. The zero-order valence-electron chi connectivity index (χ0n) is 17.6. The van der Waals surface area contributed by atoms with Crippen LogP contribution in [0.2, 0.25) is 0 Å². The topological polar surface area (TPSA) is 52.3 Å². The van der Waals surface area contributed by atoms with E-state index in [1.807, 2.05) is 36.4 Å². The number of hydrogen-bond acceptors (Lipinski definition) is 5. The van der Waals surface area contributed by atoms with Crippen molar-refractivity contribution >= 4 is 18.0 Å². The van der Waals surface area contributed by atoms with Gasteiger partial charge in [0.15, 0.2) is 0 Å². The van der Waals surface area contributed by atoms with Crippen LogP contribution in [0, 0.1) is 13.8 Å². The van der Waals surface area contributed by atoms with Gasteiger partial charge in [-0.2, -0.15) is 9.78 Å². The lowest BCUT2D eigenvalue weighted by molar-refractivity contribution is 0.305. The number of thioether (sulfide) groups is 1. The third-order valence-electron chi connectivity index (χ3n) is 4.87. The molecule has 0 unspecified atom stereocenters. The molecule has 4 aromatic rings. The first kappa shape index (κ1) is 20.9. The van der Waals surface area contributed by atoms with Gasteiger partial charge in [-0.3, -0.25) is 0 Å². The maximum absolute atomic E-state index is 6.08. The summed E-state index contributed by atoms with van der Waals surface area (Å²) in [4.78, 5) is 0. The van der Waals surface area contributed by atoms with E-state index in [2.05, 4.69) is 65.5 Å². The molecule has 1 aromatic heterocycles. The van der Waals surface area contributed by atoms with Gasteiger partial charge < -0.3 is 4.74 Å². The van der Waals surface area contributed by atoms with Crippen LogP contribution in [0.1, 0.15) is 27.8 Å². The molecule has 4 rings (SSSR count). The molecule has 31 heavy (non-hydrogen) atoms. The van der Waals surface area contributed by atoms with Gasteiger partial charge in [0.05, 0.1) is 6.21 Å². The van der Waals surface area contributed by atoms with Crippen LogP contribution in [0.25, 0.3) is 0 Å².